The molecular weight excluding hydrogens is 424 g/mol. The molecule has 1 aliphatic heterocycles. The highest BCUT2D eigenvalue weighted by atomic mass is 35.5. The highest BCUT2D eigenvalue weighted by Gasteiger charge is 2.38. The van der Waals surface area contributed by atoms with Crippen LogP contribution in [0.4, 0.5) is 0 Å². The van der Waals surface area contributed by atoms with Crippen LogP contribution in [0.15, 0.2) is 24.3 Å². The Balaban J connectivity index is 1.50. The minimum Gasteiger partial charge on any atom is -0.335 e. The molecule has 7 heteroatoms. The van der Waals surface area contributed by atoms with Crippen LogP contribution in [0.3, 0.4) is 0 Å². The van der Waals surface area contributed by atoms with E-state index < -0.39 is 6.04 Å². The Morgan fingerprint density at radius 1 is 1.09 bits per heavy atom. The fourth-order valence-electron chi connectivity index (χ4n) is 5.04. The van der Waals surface area contributed by atoms with Gasteiger partial charge in [-0.05, 0) is 70.6 Å². The molecule has 2 fully saturated rings. The first-order valence-electron chi connectivity index (χ1n) is 12.0. The van der Waals surface area contributed by atoms with Crippen LogP contribution in [0, 0.1) is 5.92 Å². The number of hydrazine groups is 1. The van der Waals surface area contributed by atoms with Crippen molar-refractivity contribution in [1.29, 1.82) is 0 Å². The van der Waals surface area contributed by atoms with E-state index in [1.54, 1.807) is 12.1 Å². The number of rotatable bonds is 6. The molecule has 178 valence electrons. The number of nitrogens with one attached hydrogen (secondary N) is 1. The smallest absolute Gasteiger partial charge is 0.251 e. The maximum atomic E-state index is 13.5. The van der Waals surface area contributed by atoms with Gasteiger partial charge in [0.25, 0.3) is 5.91 Å². The first kappa shape index (κ1) is 25.0. The molecule has 1 saturated carbocycles. The van der Waals surface area contributed by atoms with Crippen LogP contribution in [0.1, 0.15) is 71.3 Å². The van der Waals surface area contributed by atoms with E-state index in [-0.39, 0.29) is 23.3 Å². The summed E-state index contributed by atoms with van der Waals surface area (Å²) in [5.74, 6) is 0.116. The van der Waals surface area contributed by atoms with Crippen LogP contribution in [-0.2, 0) is 16.0 Å². The quantitative estimate of drug-likeness (QED) is 0.671. The van der Waals surface area contributed by atoms with E-state index in [0.29, 0.717) is 30.6 Å². The molecule has 1 atom stereocenters. The summed E-state index contributed by atoms with van der Waals surface area (Å²) in [4.78, 5) is 28.2. The van der Waals surface area contributed by atoms with Gasteiger partial charge in [0.1, 0.15) is 0 Å². The SMILES string of the molecule is CC(C)(C)N(C(=O)C1CCN(NC(=O)[C@H](N)Cc2ccc(Cl)cc2)CC1)C1CCCCC1. The highest BCUT2D eigenvalue weighted by molar-refractivity contribution is 6.30. The minimum atomic E-state index is -0.627. The Labute approximate surface area is 197 Å². The van der Waals surface area contributed by atoms with Crippen LogP contribution >= 0.6 is 11.6 Å². The van der Waals surface area contributed by atoms with Gasteiger partial charge in [-0.25, -0.2) is 5.01 Å². The lowest BCUT2D eigenvalue weighted by molar-refractivity contribution is -0.146. The van der Waals surface area contributed by atoms with E-state index in [2.05, 4.69) is 31.1 Å². The normalized spacial score (nSPS) is 20.0. The van der Waals surface area contributed by atoms with Crippen molar-refractivity contribution in [3.05, 3.63) is 34.9 Å². The number of halogens is 1. The predicted molar refractivity (Wildman–Crippen MR) is 129 cm³/mol. The second-order valence-electron chi connectivity index (χ2n) is 10.3. The van der Waals surface area contributed by atoms with E-state index >= 15 is 0 Å². The molecule has 2 amide bonds. The molecule has 32 heavy (non-hydrogen) atoms. The summed E-state index contributed by atoms with van der Waals surface area (Å²) in [6.45, 7) is 7.78. The molecule has 0 aromatic heterocycles. The summed E-state index contributed by atoms with van der Waals surface area (Å²) in [5.41, 5.74) is 9.88. The molecule has 3 N–H and O–H groups in total. The monoisotopic (exact) mass is 462 g/mol. The maximum absolute atomic E-state index is 13.5. The second-order valence-corrected chi connectivity index (χ2v) is 10.8. The topological polar surface area (TPSA) is 78.7 Å². The van der Waals surface area contributed by atoms with Crippen LogP contribution < -0.4 is 11.2 Å². The van der Waals surface area contributed by atoms with Crippen LogP contribution in [0.5, 0.6) is 0 Å². The van der Waals surface area contributed by atoms with Crippen molar-refractivity contribution < 1.29 is 9.59 Å². The molecule has 1 aromatic rings. The Morgan fingerprint density at radius 2 is 1.69 bits per heavy atom. The van der Waals surface area contributed by atoms with Crippen LogP contribution in [-0.4, -0.2) is 52.4 Å². The highest BCUT2D eigenvalue weighted by Crippen LogP contribution is 2.31. The van der Waals surface area contributed by atoms with Crippen molar-refractivity contribution >= 4 is 23.4 Å². The lowest BCUT2D eigenvalue weighted by Gasteiger charge is -2.46. The average molecular weight is 463 g/mol. The standard InChI is InChI=1S/C25H39ClN4O2/c1-25(2,3)30(21-7-5-4-6-8-21)24(32)19-13-15-29(16-14-19)28-23(31)22(27)17-18-9-11-20(26)12-10-18/h9-12,19,21-22H,4-8,13-17,27H2,1-3H3,(H,28,31)/t22-/m1/s1. The van der Waals surface area contributed by atoms with Crippen molar-refractivity contribution in [1.82, 2.24) is 15.3 Å². The minimum absolute atomic E-state index is 0.0204. The number of nitrogens with two attached hydrogens (primary N) is 1. The molecule has 0 spiro atoms. The largest absolute Gasteiger partial charge is 0.335 e. The van der Waals surface area contributed by atoms with Gasteiger partial charge >= 0.3 is 0 Å². The molecular formula is C25H39ClN4O2. The van der Waals surface area contributed by atoms with Gasteiger partial charge in [0, 0.05) is 35.6 Å². The van der Waals surface area contributed by atoms with Gasteiger partial charge in [0.2, 0.25) is 5.91 Å². The number of carbonyl (C=O) groups excluding carboxylic acids is 2. The third kappa shape index (κ3) is 6.69. The second kappa shape index (κ2) is 11.0. The fraction of sp³-hybridized carbons (Fsp3) is 0.680. The Morgan fingerprint density at radius 3 is 2.25 bits per heavy atom. The summed E-state index contributed by atoms with van der Waals surface area (Å²) < 4.78 is 0. The number of amides is 2. The Kier molecular flexibility index (Phi) is 8.59. The molecule has 3 rings (SSSR count). The maximum Gasteiger partial charge on any atom is 0.251 e. The summed E-state index contributed by atoms with van der Waals surface area (Å²) in [6.07, 6.45) is 7.90. The molecule has 0 unspecified atom stereocenters. The zero-order chi connectivity index (χ0) is 23.3. The number of hydrogen-bond acceptors (Lipinski definition) is 4. The zero-order valence-corrected chi connectivity index (χ0v) is 20.5. The third-order valence-corrected chi connectivity index (χ3v) is 6.97. The summed E-state index contributed by atoms with van der Waals surface area (Å²) in [5, 5.41) is 2.58. The fourth-order valence-corrected chi connectivity index (χ4v) is 5.16. The molecule has 1 aromatic carbocycles. The first-order chi connectivity index (χ1) is 15.1. The van der Waals surface area contributed by atoms with E-state index in [4.69, 9.17) is 17.3 Å². The first-order valence-corrected chi connectivity index (χ1v) is 12.4. The van der Waals surface area contributed by atoms with Gasteiger partial charge < -0.3 is 10.6 Å². The summed E-state index contributed by atoms with van der Waals surface area (Å²) in [6, 6.07) is 7.12. The lowest BCUT2D eigenvalue weighted by Crippen LogP contribution is -2.57. The van der Waals surface area contributed by atoms with Gasteiger partial charge in [-0.1, -0.05) is 43.0 Å². The molecule has 1 saturated heterocycles. The van der Waals surface area contributed by atoms with Gasteiger partial charge in [0.05, 0.1) is 6.04 Å². The molecule has 0 radical (unpaired) electrons. The van der Waals surface area contributed by atoms with E-state index in [1.807, 2.05) is 17.1 Å². The predicted octanol–water partition coefficient (Wildman–Crippen LogP) is 3.91. The van der Waals surface area contributed by atoms with Crippen molar-refractivity contribution in [3.63, 3.8) is 0 Å². The van der Waals surface area contributed by atoms with Crippen molar-refractivity contribution in [2.45, 2.75) is 89.8 Å². The van der Waals surface area contributed by atoms with Crippen LogP contribution in [0.25, 0.3) is 0 Å². The molecule has 0 bridgehead atoms. The zero-order valence-electron chi connectivity index (χ0n) is 19.8. The van der Waals surface area contributed by atoms with Crippen molar-refractivity contribution in [3.8, 4) is 0 Å². The number of carbonyl (C=O) groups is 2. The lowest BCUT2D eigenvalue weighted by atomic mass is 9.87. The van der Waals surface area contributed by atoms with Crippen molar-refractivity contribution in [2.75, 3.05) is 13.1 Å². The van der Waals surface area contributed by atoms with Gasteiger partial charge in [-0.15, -0.1) is 0 Å². The number of piperidine rings is 1. The van der Waals surface area contributed by atoms with Gasteiger partial charge in [-0.2, -0.15) is 0 Å². The molecule has 1 heterocycles. The number of hydrogen-bond donors (Lipinski definition) is 2. The number of nitrogens with zero attached hydrogens (tertiary/aromatic N) is 2. The summed E-state index contributed by atoms with van der Waals surface area (Å²) in [7, 11) is 0. The van der Waals surface area contributed by atoms with Gasteiger partial charge in [-0.3, -0.25) is 15.0 Å². The Bertz CT molecular complexity index is 763. The van der Waals surface area contributed by atoms with E-state index in [9.17, 15) is 9.59 Å². The van der Waals surface area contributed by atoms with Gasteiger partial charge in [0.15, 0.2) is 0 Å². The third-order valence-electron chi connectivity index (χ3n) is 6.72. The average Bonchev–Trinajstić information content (AvgIpc) is 2.75. The Hall–Kier alpha value is -1.63. The number of benzene rings is 1. The summed E-state index contributed by atoms with van der Waals surface area (Å²) >= 11 is 5.92. The molecule has 6 nitrogen and oxygen atoms in total. The van der Waals surface area contributed by atoms with E-state index in [1.165, 1.54) is 19.3 Å². The van der Waals surface area contributed by atoms with Crippen molar-refractivity contribution in [2.24, 2.45) is 11.7 Å². The van der Waals surface area contributed by atoms with E-state index in [0.717, 1.165) is 31.2 Å². The molecule has 1 aliphatic carbocycles. The molecule has 2 aliphatic rings. The van der Waals surface area contributed by atoms with Crippen LogP contribution in [0.2, 0.25) is 5.02 Å².